The summed E-state index contributed by atoms with van der Waals surface area (Å²) in [5.74, 6) is -1.10. The fourth-order valence-corrected chi connectivity index (χ4v) is 1.65. The van der Waals surface area contributed by atoms with Crippen LogP contribution in [-0.4, -0.2) is 28.5 Å². The monoisotopic (exact) mass is 234 g/mol. The van der Waals surface area contributed by atoms with Crippen molar-refractivity contribution in [3.8, 4) is 0 Å². The molecule has 1 fully saturated rings. The molecule has 5 heteroatoms. The molecule has 1 heterocycles. The first-order valence-electron chi connectivity index (χ1n) is 5.47. The lowest BCUT2D eigenvalue weighted by Gasteiger charge is -2.11. The normalized spacial score (nSPS) is 16.3. The number of carbonyl (C=O) groups excluding carboxylic acids is 1. The standard InChI is InChI=1S/C12H14N2O3/c1-8-4-9(6-13-5-8)10(15)14-7-12(2-3-12)11(16)17/h4-6H,2-3,7H2,1H3,(H,14,15)(H,16,17). The van der Waals surface area contributed by atoms with E-state index in [4.69, 9.17) is 5.11 Å². The van der Waals surface area contributed by atoms with E-state index in [2.05, 4.69) is 10.3 Å². The van der Waals surface area contributed by atoms with E-state index < -0.39 is 11.4 Å². The van der Waals surface area contributed by atoms with Gasteiger partial charge in [-0.05, 0) is 31.4 Å². The number of hydrogen-bond acceptors (Lipinski definition) is 3. The van der Waals surface area contributed by atoms with Crippen molar-refractivity contribution >= 4 is 11.9 Å². The van der Waals surface area contributed by atoms with Gasteiger partial charge in [-0.3, -0.25) is 14.6 Å². The van der Waals surface area contributed by atoms with Crippen LogP contribution >= 0.6 is 0 Å². The number of carbonyl (C=O) groups is 2. The van der Waals surface area contributed by atoms with Crippen LogP contribution in [0.4, 0.5) is 0 Å². The maximum Gasteiger partial charge on any atom is 0.311 e. The Morgan fingerprint density at radius 3 is 2.71 bits per heavy atom. The lowest BCUT2D eigenvalue weighted by Crippen LogP contribution is -2.34. The van der Waals surface area contributed by atoms with Crippen molar-refractivity contribution in [3.63, 3.8) is 0 Å². The number of aromatic nitrogens is 1. The zero-order chi connectivity index (χ0) is 12.5. The Morgan fingerprint density at radius 1 is 1.47 bits per heavy atom. The predicted molar refractivity (Wildman–Crippen MR) is 60.6 cm³/mol. The van der Waals surface area contributed by atoms with Crippen molar-refractivity contribution in [2.45, 2.75) is 19.8 Å². The van der Waals surface area contributed by atoms with Crippen molar-refractivity contribution in [3.05, 3.63) is 29.6 Å². The molecule has 0 unspecified atom stereocenters. The largest absolute Gasteiger partial charge is 0.481 e. The third-order valence-corrected chi connectivity index (χ3v) is 3.03. The molecule has 0 aromatic carbocycles. The minimum atomic E-state index is -0.833. The molecule has 90 valence electrons. The molecule has 1 aromatic heterocycles. The topological polar surface area (TPSA) is 79.3 Å². The van der Waals surface area contributed by atoms with Gasteiger partial charge in [0.15, 0.2) is 0 Å². The van der Waals surface area contributed by atoms with Crippen LogP contribution in [0.25, 0.3) is 0 Å². The Bertz CT molecular complexity index is 467. The molecule has 0 aliphatic heterocycles. The van der Waals surface area contributed by atoms with Gasteiger partial charge in [-0.25, -0.2) is 0 Å². The van der Waals surface area contributed by atoms with Gasteiger partial charge in [-0.15, -0.1) is 0 Å². The van der Waals surface area contributed by atoms with Crippen molar-refractivity contribution in [1.82, 2.24) is 10.3 Å². The first-order valence-corrected chi connectivity index (χ1v) is 5.47. The number of carboxylic acid groups (broad SMARTS) is 1. The third-order valence-electron chi connectivity index (χ3n) is 3.03. The van der Waals surface area contributed by atoms with Gasteiger partial charge in [0.1, 0.15) is 0 Å². The van der Waals surface area contributed by atoms with Crippen LogP contribution in [0.15, 0.2) is 18.5 Å². The first-order chi connectivity index (χ1) is 8.03. The van der Waals surface area contributed by atoms with Gasteiger partial charge < -0.3 is 10.4 Å². The maximum absolute atomic E-state index is 11.7. The second-order valence-electron chi connectivity index (χ2n) is 4.52. The fourth-order valence-electron chi connectivity index (χ4n) is 1.65. The predicted octanol–water partition coefficient (Wildman–Crippen LogP) is 0.985. The van der Waals surface area contributed by atoms with Crippen LogP contribution in [0, 0.1) is 12.3 Å². The summed E-state index contributed by atoms with van der Waals surface area (Å²) < 4.78 is 0. The molecule has 0 spiro atoms. The van der Waals surface area contributed by atoms with E-state index in [-0.39, 0.29) is 12.5 Å². The van der Waals surface area contributed by atoms with Gasteiger partial charge in [0.05, 0.1) is 11.0 Å². The summed E-state index contributed by atoms with van der Waals surface area (Å²) in [6.07, 6.45) is 4.41. The number of aryl methyl sites for hydroxylation is 1. The summed E-state index contributed by atoms with van der Waals surface area (Å²) in [5, 5.41) is 11.6. The third kappa shape index (κ3) is 2.43. The van der Waals surface area contributed by atoms with Crippen LogP contribution in [-0.2, 0) is 4.79 Å². The lowest BCUT2D eigenvalue weighted by molar-refractivity contribution is -0.143. The molecule has 1 aliphatic carbocycles. The second-order valence-corrected chi connectivity index (χ2v) is 4.52. The zero-order valence-corrected chi connectivity index (χ0v) is 9.56. The molecule has 1 saturated carbocycles. The molecule has 0 bridgehead atoms. The van der Waals surface area contributed by atoms with E-state index in [9.17, 15) is 9.59 Å². The van der Waals surface area contributed by atoms with Gasteiger partial charge in [0.2, 0.25) is 0 Å². The molecule has 0 saturated heterocycles. The number of aliphatic carboxylic acids is 1. The van der Waals surface area contributed by atoms with Crippen LogP contribution in [0.5, 0.6) is 0 Å². The van der Waals surface area contributed by atoms with E-state index in [0.717, 1.165) is 5.56 Å². The Labute approximate surface area is 98.9 Å². The number of nitrogens with zero attached hydrogens (tertiary/aromatic N) is 1. The van der Waals surface area contributed by atoms with E-state index in [1.54, 1.807) is 12.3 Å². The summed E-state index contributed by atoms with van der Waals surface area (Å²) in [7, 11) is 0. The van der Waals surface area contributed by atoms with E-state index in [0.29, 0.717) is 18.4 Å². The van der Waals surface area contributed by atoms with Crippen LogP contribution < -0.4 is 5.32 Å². The fraction of sp³-hybridized carbons (Fsp3) is 0.417. The van der Waals surface area contributed by atoms with Crippen LogP contribution in [0.1, 0.15) is 28.8 Å². The molecule has 2 rings (SSSR count). The van der Waals surface area contributed by atoms with E-state index in [1.807, 2.05) is 6.92 Å². The molecular formula is C12H14N2O3. The smallest absolute Gasteiger partial charge is 0.311 e. The second kappa shape index (κ2) is 4.16. The average Bonchev–Trinajstić information content (AvgIpc) is 3.07. The van der Waals surface area contributed by atoms with E-state index >= 15 is 0 Å². The number of carboxylic acids is 1. The number of rotatable bonds is 4. The highest BCUT2D eigenvalue weighted by Gasteiger charge is 2.50. The summed E-state index contributed by atoms with van der Waals surface area (Å²) >= 11 is 0. The molecule has 1 aliphatic rings. The Morgan fingerprint density at radius 2 is 2.18 bits per heavy atom. The lowest BCUT2D eigenvalue weighted by atomic mass is 10.1. The average molecular weight is 234 g/mol. The molecule has 0 atom stereocenters. The number of pyridine rings is 1. The van der Waals surface area contributed by atoms with Crippen molar-refractivity contribution in [2.24, 2.45) is 5.41 Å². The number of nitrogens with one attached hydrogen (secondary N) is 1. The molecule has 1 amide bonds. The van der Waals surface area contributed by atoms with Crippen molar-refractivity contribution < 1.29 is 14.7 Å². The molecule has 2 N–H and O–H groups in total. The highest BCUT2D eigenvalue weighted by atomic mass is 16.4. The Balaban J connectivity index is 1.96. The summed E-state index contributed by atoms with van der Waals surface area (Å²) in [6.45, 7) is 2.04. The Hall–Kier alpha value is -1.91. The SMILES string of the molecule is Cc1cncc(C(=O)NCC2(C(=O)O)CC2)c1. The highest BCUT2D eigenvalue weighted by molar-refractivity contribution is 5.94. The molecule has 0 radical (unpaired) electrons. The molecule has 5 nitrogen and oxygen atoms in total. The first kappa shape index (κ1) is 11.6. The number of amides is 1. The van der Waals surface area contributed by atoms with Gasteiger partial charge in [0.25, 0.3) is 5.91 Å². The minimum absolute atomic E-state index is 0.190. The molecule has 17 heavy (non-hydrogen) atoms. The van der Waals surface area contributed by atoms with Gasteiger partial charge in [-0.1, -0.05) is 0 Å². The van der Waals surface area contributed by atoms with Gasteiger partial charge in [0, 0.05) is 18.9 Å². The minimum Gasteiger partial charge on any atom is -0.481 e. The summed E-state index contributed by atoms with van der Waals surface area (Å²) in [6, 6.07) is 1.72. The summed E-state index contributed by atoms with van der Waals surface area (Å²) in [4.78, 5) is 26.6. The van der Waals surface area contributed by atoms with Gasteiger partial charge >= 0.3 is 5.97 Å². The van der Waals surface area contributed by atoms with Crippen molar-refractivity contribution in [1.29, 1.82) is 0 Å². The Kier molecular flexibility index (Phi) is 2.83. The zero-order valence-electron chi connectivity index (χ0n) is 9.56. The number of hydrogen-bond donors (Lipinski definition) is 2. The quantitative estimate of drug-likeness (QED) is 0.814. The van der Waals surface area contributed by atoms with Crippen LogP contribution in [0.2, 0.25) is 0 Å². The molecular weight excluding hydrogens is 220 g/mol. The van der Waals surface area contributed by atoms with Crippen molar-refractivity contribution in [2.75, 3.05) is 6.54 Å². The van der Waals surface area contributed by atoms with E-state index in [1.165, 1.54) is 6.20 Å². The maximum atomic E-state index is 11.7. The summed E-state index contributed by atoms with van der Waals surface area (Å²) in [5.41, 5.74) is 0.635. The highest BCUT2D eigenvalue weighted by Crippen LogP contribution is 2.45. The molecule has 1 aromatic rings. The van der Waals surface area contributed by atoms with Crippen LogP contribution in [0.3, 0.4) is 0 Å². The van der Waals surface area contributed by atoms with Gasteiger partial charge in [-0.2, -0.15) is 0 Å².